The molecule has 4 atom stereocenters. The van der Waals surface area contributed by atoms with E-state index in [1.807, 2.05) is 12.1 Å². The van der Waals surface area contributed by atoms with E-state index >= 15 is 0 Å². The SMILES string of the molecule is Nc1nc(N)c2ncn([C@@H]3O[C@H](COC4Cc5ccccc5C4)[C@@H](O)[C@H]3O)c2n1. The average molecular weight is 398 g/mol. The normalized spacial score (nSPS) is 27.0. The van der Waals surface area contributed by atoms with Gasteiger partial charge in [-0.15, -0.1) is 0 Å². The Balaban J connectivity index is 1.30. The van der Waals surface area contributed by atoms with Gasteiger partial charge < -0.3 is 31.2 Å². The molecule has 3 aromatic rings. The first-order valence-corrected chi connectivity index (χ1v) is 9.46. The van der Waals surface area contributed by atoms with Crippen molar-refractivity contribution in [3.05, 3.63) is 41.7 Å². The number of nitrogens with two attached hydrogens (primary N) is 2. The predicted octanol–water partition coefficient (Wildman–Crippen LogP) is -0.206. The number of hydrogen-bond donors (Lipinski definition) is 4. The van der Waals surface area contributed by atoms with E-state index in [4.69, 9.17) is 20.9 Å². The zero-order chi connectivity index (χ0) is 20.1. The van der Waals surface area contributed by atoms with Crippen molar-refractivity contribution in [2.45, 2.75) is 43.5 Å². The van der Waals surface area contributed by atoms with Crippen molar-refractivity contribution in [2.75, 3.05) is 18.1 Å². The lowest BCUT2D eigenvalue weighted by atomic mass is 10.1. The number of aliphatic hydroxyl groups is 2. The number of nitrogen functional groups attached to an aromatic ring is 2. The number of aromatic nitrogens is 4. The molecule has 1 aliphatic carbocycles. The highest BCUT2D eigenvalue weighted by molar-refractivity contribution is 5.82. The lowest BCUT2D eigenvalue weighted by Crippen LogP contribution is -2.35. The van der Waals surface area contributed by atoms with E-state index in [-0.39, 0.29) is 24.5 Å². The summed E-state index contributed by atoms with van der Waals surface area (Å²) in [6, 6.07) is 8.24. The Bertz CT molecular complexity index is 1030. The summed E-state index contributed by atoms with van der Waals surface area (Å²) in [5.74, 6) is 0.130. The molecular weight excluding hydrogens is 376 g/mol. The third kappa shape index (κ3) is 3.10. The van der Waals surface area contributed by atoms with Gasteiger partial charge in [0.05, 0.1) is 19.0 Å². The van der Waals surface area contributed by atoms with Gasteiger partial charge in [0.15, 0.2) is 17.7 Å². The largest absolute Gasteiger partial charge is 0.387 e. The minimum Gasteiger partial charge on any atom is -0.387 e. The molecular formula is C19H22N6O4. The van der Waals surface area contributed by atoms with E-state index in [9.17, 15) is 10.2 Å². The minimum absolute atomic E-state index is 0.00883. The van der Waals surface area contributed by atoms with Crippen LogP contribution >= 0.6 is 0 Å². The monoisotopic (exact) mass is 398 g/mol. The lowest BCUT2D eigenvalue weighted by molar-refractivity contribution is -0.0791. The highest BCUT2D eigenvalue weighted by Gasteiger charge is 2.44. The average Bonchev–Trinajstić information content (AvgIpc) is 3.37. The predicted molar refractivity (Wildman–Crippen MR) is 104 cm³/mol. The summed E-state index contributed by atoms with van der Waals surface area (Å²) in [6.07, 6.45) is -0.755. The minimum atomic E-state index is -1.18. The van der Waals surface area contributed by atoms with Crippen LogP contribution in [-0.2, 0) is 22.3 Å². The van der Waals surface area contributed by atoms with Crippen molar-refractivity contribution in [3.63, 3.8) is 0 Å². The number of ether oxygens (including phenoxy) is 2. The second-order valence-corrected chi connectivity index (χ2v) is 7.47. The molecule has 0 spiro atoms. The highest BCUT2D eigenvalue weighted by atomic mass is 16.6. The van der Waals surface area contributed by atoms with Gasteiger partial charge in [0.2, 0.25) is 5.95 Å². The first kappa shape index (κ1) is 18.3. The Morgan fingerprint density at radius 1 is 1.10 bits per heavy atom. The van der Waals surface area contributed by atoms with E-state index in [1.165, 1.54) is 22.0 Å². The molecule has 10 heteroatoms. The number of anilines is 2. The molecule has 10 nitrogen and oxygen atoms in total. The van der Waals surface area contributed by atoms with Gasteiger partial charge in [-0.1, -0.05) is 24.3 Å². The van der Waals surface area contributed by atoms with Gasteiger partial charge in [-0.3, -0.25) is 4.57 Å². The van der Waals surface area contributed by atoms with E-state index < -0.39 is 24.5 Å². The Morgan fingerprint density at radius 2 is 1.83 bits per heavy atom. The number of nitrogens with zero attached hydrogens (tertiary/aromatic N) is 4. The Morgan fingerprint density at radius 3 is 2.55 bits per heavy atom. The Hall–Kier alpha value is -2.79. The Kier molecular flexibility index (Phi) is 4.36. The summed E-state index contributed by atoms with van der Waals surface area (Å²) in [6.45, 7) is 0.166. The van der Waals surface area contributed by atoms with Gasteiger partial charge >= 0.3 is 0 Å². The molecule has 2 aromatic heterocycles. The summed E-state index contributed by atoms with van der Waals surface area (Å²) < 4.78 is 13.4. The van der Waals surface area contributed by atoms with Gasteiger partial charge in [0.25, 0.3) is 0 Å². The molecule has 0 bridgehead atoms. The molecule has 2 aliphatic rings. The zero-order valence-corrected chi connectivity index (χ0v) is 15.5. The molecule has 3 heterocycles. The van der Waals surface area contributed by atoms with Crippen LogP contribution in [0.3, 0.4) is 0 Å². The zero-order valence-electron chi connectivity index (χ0n) is 15.5. The van der Waals surface area contributed by atoms with Crippen LogP contribution in [0.5, 0.6) is 0 Å². The van der Waals surface area contributed by atoms with Crippen LogP contribution in [0.1, 0.15) is 17.4 Å². The number of fused-ring (bicyclic) bond motifs is 2. The second kappa shape index (κ2) is 6.92. The maximum atomic E-state index is 10.5. The number of aliphatic hydroxyl groups excluding tert-OH is 2. The molecule has 1 saturated heterocycles. The van der Waals surface area contributed by atoms with Gasteiger partial charge in [0, 0.05) is 0 Å². The molecule has 0 radical (unpaired) electrons. The van der Waals surface area contributed by atoms with Crippen molar-refractivity contribution in [1.82, 2.24) is 19.5 Å². The quantitative estimate of drug-likeness (QED) is 0.467. The van der Waals surface area contributed by atoms with Gasteiger partial charge in [-0.05, 0) is 24.0 Å². The first-order chi connectivity index (χ1) is 14.0. The fraction of sp³-hybridized carbons (Fsp3) is 0.421. The van der Waals surface area contributed by atoms with Crippen molar-refractivity contribution in [2.24, 2.45) is 0 Å². The molecule has 1 fully saturated rings. The summed E-state index contributed by atoms with van der Waals surface area (Å²) in [5, 5.41) is 21.0. The van der Waals surface area contributed by atoms with E-state index in [0.29, 0.717) is 11.2 Å². The highest BCUT2D eigenvalue weighted by Crippen LogP contribution is 2.33. The smallest absolute Gasteiger partial charge is 0.224 e. The number of hydrogen-bond acceptors (Lipinski definition) is 9. The number of rotatable bonds is 4. The molecule has 5 rings (SSSR count). The van der Waals surface area contributed by atoms with Crippen molar-refractivity contribution in [3.8, 4) is 0 Å². The third-order valence-corrected chi connectivity index (χ3v) is 5.59. The van der Waals surface area contributed by atoms with Crippen LogP contribution in [0.4, 0.5) is 11.8 Å². The number of imidazole rings is 1. The summed E-state index contributed by atoms with van der Waals surface area (Å²) >= 11 is 0. The van der Waals surface area contributed by atoms with Gasteiger partial charge in [0.1, 0.15) is 23.8 Å². The number of benzene rings is 1. The van der Waals surface area contributed by atoms with Crippen molar-refractivity contribution < 1.29 is 19.7 Å². The van der Waals surface area contributed by atoms with Crippen LogP contribution in [0.2, 0.25) is 0 Å². The third-order valence-electron chi connectivity index (χ3n) is 5.59. The van der Waals surface area contributed by atoms with Crippen LogP contribution in [-0.4, -0.2) is 60.8 Å². The standard InChI is InChI=1S/C19H22N6O4/c20-16-13-17(24-19(21)23-16)25(8-22-13)18-15(27)14(26)12(29-18)7-28-11-5-9-3-1-2-4-10(9)6-11/h1-4,8,11-12,14-15,18,26-27H,5-7H2,(H4,20,21,23,24)/t12-,14-,15-,18-/m1/s1. The Labute approximate surface area is 166 Å². The summed E-state index contributed by atoms with van der Waals surface area (Å²) in [7, 11) is 0. The fourth-order valence-electron chi connectivity index (χ4n) is 4.11. The lowest BCUT2D eigenvalue weighted by Gasteiger charge is -2.18. The molecule has 0 amide bonds. The molecule has 1 aromatic carbocycles. The fourth-order valence-corrected chi connectivity index (χ4v) is 4.11. The van der Waals surface area contributed by atoms with E-state index in [0.717, 1.165) is 12.8 Å². The molecule has 29 heavy (non-hydrogen) atoms. The molecule has 6 N–H and O–H groups in total. The van der Waals surface area contributed by atoms with Crippen molar-refractivity contribution in [1.29, 1.82) is 0 Å². The van der Waals surface area contributed by atoms with Crippen LogP contribution in [0.25, 0.3) is 11.2 Å². The first-order valence-electron chi connectivity index (χ1n) is 9.46. The summed E-state index contributed by atoms with van der Waals surface area (Å²) in [4.78, 5) is 12.2. The molecule has 152 valence electrons. The topological polar surface area (TPSA) is 155 Å². The van der Waals surface area contributed by atoms with Crippen LogP contribution in [0, 0.1) is 0 Å². The molecule has 0 unspecified atom stereocenters. The van der Waals surface area contributed by atoms with E-state index in [2.05, 4.69) is 27.1 Å². The van der Waals surface area contributed by atoms with Crippen LogP contribution in [0.15, 0.2) is 30.6 Å². The maximum absolute atomic E-state index is 10.5. The van der Waals surface area contributed by atoms with Gasteiger partial charge in [-0.25, -0.2) is 4.98 Å². The van der Waals surface area contributed by atoms with Gasteiger partial charge in [-0.2, -0.15) is 9.97 Å². The van der Waals surface area contributed by atoms with E-state index in [1.54, 1.807) is 0 Å². The van der Waals surface area contributed by atoms with Crippen molar-refractivity contribution >= 4 is 22.9 Å². The second-order valence-electron chi connectivity index (χ2n) is 7.47. The maximum Gasteiger partial charge on any atom is 0.224 e. The van der Waals surface area contributed by atoms with Crippen LogP contribution < -0.4 is 11.5 Å². The summed E-state index contributed by atoms with van der Waals surface area (Å²) in [5.41, 5.74) is 14.8. The molecule has 0 saturated carbocycles. The molecule has 1 aliphatic heterocycles.